The van der Waals surface area contributed by atoms with Crippen LogP contribution in [0, 0.1) is 0 Å². The van der Waals surface area contributed by atoms with Crippen molar-refractivity contribution in [3.63, 3.8) is 0 Å². The molecular formula is C27H20ClNO4. The zero-order valence-corrected chi connectivity index (χ0v) is 18.6. The molecule has 1 atom stereocenters. The van der Waals surface area contributed by atoms with Gasteiger partial charge in [-0.2, -0.15) is 0 Å². The third-order valence-electron chi connectivity index (χ3n) is 5.86. The van der Waals surface area contributed by atoms with E-state index in [0.717, 1.165) is 27.6 Å². The van der Waals surface area contributed by atoms with Gasteiger partial charge < -0.3 is 14.8 Å². The van der Waals surface area contributed by atoms with Crippen LogP contribution in [0.5, 0.6) is 11.5 Å². The van der Waals surface area contributed by atoms with Crippen molar-refractivity contribution in [2.75, 3.05) is 12.4 Å². The van der Waals surface area contributed by atoms with Gasteiger partial charge in [-0.1, -0.05) is 54.1 Å². The van der Waals surface area contributed by atoms with Crippen molar-refractivity contribution in [3.8, 4) is 11.5 Å². The lowest BCUT2D eigenvalue weighted by Gasteiger charge is -2.27. The quantitative estimate of drug-likeness (QED) is 0.293. The summed E-state index contributed by atoms with van der Waals surface area (Å²) in [6.45, 7) is 0. The lowest BCUT2D eigenvalue weighted by atomic mass is 9.83. The third kappa shape index (κ3) is 4.03. The number of hydrogen-bond donors (Lipinski definition) is 1. The predicted molar refractivity (Wildman–Crippen MR) is 128 cm³/mol. The molecule has 164 valence electrons. The molecule has 5 nitrogen and oxygen atoms in total. The molecule has 5 rings (SSSR count). The molecule has 0 saturated heterocycles. The van der Waals surface area contributed by atoms with Crippen molar-refractivity contribution in [2.24, 2.45) is 0 Å². The minimum atomic E-state index is -0.508. The number of carbonyl (C=O) groups is 2. The maximum Gasteiger partial charge on any atom is 0.343 e. The maximum atomic E-state index is 12.6. The van der Waals surface area contributed by atoms with Crippen molar-refractivity contribution < 1.29 is 19.1 Å². The largest absolute Gasteiger partial charge is 0.493 e. The van der Waals surface area contributed by atoms with Crippen LogP contribution in [-0.2, 0) is 4.79 Å². The molecule has 0 aromatic heterocycles. The van der Waals surface area contributed by atoms with Gasteiger partial charge in [0.15, 0.2) is 11.5 Å². The van der Waals surface area contributed by atoms with Crippen LogP contribution >= 0.6 is 11.6 Å². The van der Waals surface area contributed by atoms with Crippen LogP contribution in [0.15, 0.2) is 78.9 Å². The first-order valence-corrected chi connectivity index (χ1v) is 10.9. The Hall–Kier alpha value is -3.83. The monoisotopic (exact) mass is 457 g/mol. The Labute approximate surface area is 195 Å². The fourth-order valence-corrected chi connectivity index (χ4v) is 4.36. The zero-order valence-electron chi connectivity index (χ0n) is 17.8. The maximum absolute atomic E-state index is 12.6. The fraction of sp³-hybridized carbons (Fsp3) is 0.111. The molecule has 0 fully saturated rings. The average Bonchev–Trinajstić information content (AvgIpc) is 2.84. The van der Waals surface area contributed by atoms with Crippen molar-refractivity contribution in [2.45, 2.75) is 12.3 Å². The van der Waals surface area contributed by atoms with Gasteiger partial charge in [-0.3, -0.25) is 4.79 Å². The van der Waals surface area contributed by atoms with Gasteiger partial charge in [-0.15, -0.1) is 0 Å². The molecule has 1 aliphatic rings. The molecule has 4 aromatic carbocycles. The Morgan fingerprint density at radius 1 is 0.970 bits per heavy atom. The number of amides is 1. The predicted octanol–water partition coefficient (Wildman–Crippen LogP) is 6.20. The van der Waals surface area contributed by atoms with E-state index in [4.69, 9.17) is 21.1 Å². The number of nitrogens with one attached hydrogen (secondary N) is 1. The number of carbonyl (C=O) groups excluding carboxylic acids is 2. The molecule has 1 amide bonds. The highest BCUT2D eigenvalue weighted by molar-refractivity contribution is 6.30. The first kappa shape index (κ1) is 21.0. The van der Waals surface area contributed by atoms with Gasteiger partial charge >= 0.3 is 5.97 Å². The molecule has 0 spiro atoms. The molecule has 0 bridgehead atoms. The first-order valence-electron chi connectivity index (χ1n) is 10.5. The number of rotatable bonds is 4. The molecule has 1 N–H and O–H groups in total. The van der Waals surface area contributed by atoms with E-state index in [1.54, 1.807) is 30.3 Å². The second-order valence-electron chi connectivity index (χ2n) is 7.86. The lowest BCUT2D eigenvalue weighted by Crippen LogP contribution is -2.23. The smallest absolute Gasteiger partial charge is 0.343 e. The Bertz CT molecular complexity index is 1380. The summed E-state index contributed by atoms with van der Waals surface area (Å²) in [6.07, 6.45) is 0.318. The van der Waals surface area contributed by atoms with Gasteiger partial charge in [0.25, 0.3) is 0 Å². The summed E-state index contributed by atoms with van der Waals surface area (Å²) in [7, 11) is 1.52. The first-order chi connectivity index (χ1) is 16.0. The highest BCUT2D eigenvalue weighted by atomic mass is 35.5. The average molecular weight is 458 g/mol. The molecule has 0 radical (unpaired) electrons. The summed E-state index contributed by atoms with van der Waals surface area (Å²) in [4.78, 5) is 25.1. The van der Waals surface area contributed by atoms with Crippen LogP contribution < -0.4 is 14.8 Å². The molecule has 0 saturated carbocycles. The van der Waals surface area contributed by atoms with Crippen LogP contribution in [0.2, 0.25) is 5.02 Å². The van der Waals surface area contributed by atoms with Crippen LogP contribution in [0.4, 0.5) is 5.69 Å². The molecule has 1 heterocycles. The minimum absolute atomic E-state index is 0.0407. The van der Waals surface area contributed by atoms with Crippen molar-refractivity contribution in [1.29, 1.82) is 0 Å². The second kappa shape index (κ2) is 8.60. The van der Waals surface area contributed by atoms with Gasteiger partial charge in [-0.05, 0) is 52.9 Å². The van der Waals surface area contributed by atoms with Crippen molar-refractivity contribution in [1.82, 2.24) is 0 Å². The Balaban J connectivity index is 1.49. The van der Waals surface area contributed by atoms with Crippen LogP contribution in [-0.4, -0.2) is 19.0 Å². The van der Waals surface area contributed by atoms with E-state index in [1.807, 2.05) is 36.4 Å². The number of methoxy groups -OCH3 is 1. The van der Waals surface area contributed by atoms with Crippen LogP contribution in [0.1, 0.15) is 33.8 Å². The zero-order chi connectivity index (χ0) is 22.9. The summed E-state index contributed by atoms with van der Waals surface area (Å²) < 4.78 is 11.1. The molecular weight excluding hydrogens is 438 g/mol. The summed E-state index contributed by atoms with van der Waals surface area (Å²) >= 11 is 5.89. The molecule has 6 heteroatoms. The standard InChI is InChI=1S/C27H20ClNO4/c1-32-24-14-18(9-13-23(24)33-27(31)17-6-10-19(28)11-7-17)22-15-25(30)29-26-20-5-3-2-4-16(20)8-12-21(22)26/h2-14,22H,15H2,1H3,(H,29,30)/t22-/m0/s1. The summed E-state index contributed by atoms with van der Waals surface area (Å²) in [5, 5.41) is 5.66. The van der Waals surface area contributed by atoms with Crippen molar-refractivity contribution in [3.05, 3.63) is 101 Å². The SMILES string of the molecule is COc1cc([C@@H]2CC(=O)Nc3c2ccc2ccccc32)ccc1OC(=O)c1ccc(Cl)cc1. The van der Waals surface area contributed by atoms with E-state index in [9.17, 15) is 9.59 Å². The molecule has 0 unspecified atom stereocenters. The lowest BCUT2D eigenvalue weighted by molar-refractivity contribution is -0.116. The number of halogens is 1. The van der Waals surface area contributed by atoms with Crippen LogP contribution in [0.3, 0.4) is 0 Å². The number of ether oxygens (including phenoxy) is 2. The van der Waals surface area contributed by atoms with Gasteiger partial charge in [-0.25, -0.2) is 4.79 Å². The van der Waals surface area contributed by atoms with E-state index in [1.165, 1.54) is 7.11 Å². The summed E-state index contributed by atoms with van der Waals surface area (Å²) in [5.74, 6) is 0.0317. The Morgan fingerprint density at radius 2 is 1.76 bits per heavy atom. The number of esters is 1. The van der Waals surface area contributed by atoms with Crippen molar-refractivity contribution >= 4 is 39.9 Å². The van der Waals surface area contributed by atoms with E-state index in [2.05, 4.69) is 17.4 Å². The summed E-state index contributed by atoms with van der Waals surface area (Å²) in [5.41, 5.74) is 3.17. The second-order valence-corrected chi connectivity index (χ2v) is 8.30. The summed E-state index contributed by atoms with van der Waals surface area (Å²) in [6, 6.07) is 24.0. The number of benzene rings is 4. The van der Waals surface area contributed by atoms with Gasteiger partial charge in [0.2, 0.25) is 5.91 Å². The normalized spacial score (nSPS) is 15.0. The topological polar surface area (TPSA) is 64.6 Å². The highest BCUT2D eigenvalue weighted by Crippen LogP contribution is 2.43. The third-order valence-corrected chi connectivity index (χ3v) is 6.12. The van der Waals surface area contributed by atoms with Crippen LogP contribution in [0.25, 0.3) is 10.8 Å². The van der Waals surface area contributed by atoms with Gasteiger partial charge in [0.1, 0.15) is 0 Å². The molecule has 1 aliphatic heterocycles. The molecule has 33 heavy (non-hydrogen) atoms. The number of hydrogen-bond acceptors (Lipinski definition) is 4. The fourth-order valence-electron chi connectivity index (χ4n) is 4.23. The molecule has 0 aliphatic carbocycles. The van der Waals surface area contributed by atoms with E-state index >= 15 is 0 Å². The van der Waals surface area contributed by atoms with E-state index in [-0.39, 0.29) is 11.8 Å². The van der Waals surface area contributed by atoms with Gasteiger partial charge in [0.05, 0.1) is 18.4 Å². The van der Waals surface area contributed by atoms with Gasteiger partial charge in [0, 0.05) is 22.7 Å². The number of fused-ring (bicyclic) bond motifs is 3. The Kier molecular flexibility index (Phi) is 5.48. The molecule has 4 aromatic rings. The Morgan fingerprint density at radius 3 is 2.55 bits per heavy atom. The number of anilines is 1. The highest BCUT2D eigenvalue weighted by Gasteiger charge is 2.28. The van der Waals surface area contributed by atoms with E-state index in [0.29, 0.717) is 28.5 Å². The van der Waals surface area contributed by atoms with E-state index < -0.39 is 5.97 Å². The minimum Gasteiger partial charge on any atom is -0.493 e.